The topological polar surface area (TPSA) is 86.5 Å². The molecule has 1 aromatic rings. The monoisotopic (exact) mass is 265 g/mol. The number of aromatic nitrogens is 1. The van der Waals surface area contributed by atoms with Crippen molar-refractivity contribution in [2.24, 2.45) is 5.92 Å². The van der Waals surface area contributed by atoms with E-state index in [-0.39, 0.29) is 0 Å². The number of anilines is 2. The minimum atomic E-state index is -0.465. The van der Waals surface area contributed by atoms with Crippen LogP contribution in [0.4, 0.5) is 11.5 Å². The molecule has 1 saturated carbocycles. The lowest BCUT2D eigenvalue weighted by molar-refractivity contribution is 0.0602. The minimum absolute atomic E-state index is 0.302. The average molecular weight is 265 g/mol. The molecule has 1 aromatic heterocycles. The van der Waals surface area contributed by atoms with E-state index >= 15 is 0 Å². The molecule has 1 aliphatic carbocycles. The molecule has 104 valence electrons. The molecular weight excluding hydrogens is 246 g/mol. The van der Waals surface area contributed by atoms with Crippen molar-refractivity contribution in [2.75, 3.05) is 37.9 Å². The maximum Gasteiger partial charge on any atom is 0.340 e. The summed E-state index contributed by atoms with van der Waals surface area (Å²) in [6.07, 6.45) is 4.09. The van der Waals surface area contributed by atoms with Crippen molar-refractivity contribution >= 4 is 17.5 Å². The Kier molecular flexibility index (Phi) is 4.57. The van der Waals surface area contributed by atoms with Crippen LogP contribution >= 0.6 is 0 Å². The maximum absolute atomic E-state index is 11.5. The van der Waals surface area contributed by atoms with Crippen molar-refractivity contribution in [3.63, 3.8) is 0 Å². The molecule has 6 heteroatoms. The zero-order chi connectivity index (χ0) is 13.7. The van der Waals surface area contributed by atoms with Gasteiger partial charge in [0.2, 0.25) is 0 Å². The Morgan fingerprint density at radius 1 is 1.58 bits per heavy atom. The normalized spacial score (nSPS) is 14.2. The molecule has 19 heavy (non-hydrogen) atoms. The summed E-state index contributed by atoms with van der Waals surface area (Å²) in [6, 6.07) is 1.54. The van der Waals surface area contributed by atoms with Crippen molar-refractivity contribution in [3.05, 3.63) is 17.8 Å². The summed E-state index contributed by atoms with van der Waals surface area (Å²) in [4.78, 5) is 15.6. The number of nitrogens with two attached hydrogens (primary N) is 1. The fourth-order valence-corrected chi connectivity index (χ4v) is 1.68. The molecule has 0 spiro atoms. The third-order valence-electron chi connectivity index (χ3n) is 2.98. The van der Waals surface area contributed by atoms with Crippen molar-refractivity contribution in [1.29, 1.82) is 0 Å². The van der Waals surface area contributed by atoms with Gasteiger partial charge in [0, 0.05) is 19.3 Å². The molecule has 1 aliphatic rings. The van der Waals surface area contributed by atoms with Gasteiger partial charge in [0.15, 0.2) is 0 Å². The largest absolute Gasteiger partial charge is 0.465 e. The second-order valence-electron chi connectivity index (χ2n) is 4.56. The summed E-state index contributed by atoms with van der Waals surface area (Å²) < 4.78 is 10.1. The number of hydrogen-bond donors (Lipinski definition) is 2. The van der Waals surface area contributed by atoms with E-state index in [4.69, 9.17) is 10.5 Å². The first-order chi connectivity index (χ1) is 9.22. The Morgan fingerprint density at radius 2 is 2.37 bits per heavy atom. The number of hydrogen-bond acceptors (Lipinski definition) is 6. The number of nitrogen functional groups attached to an aromatic ring is 1. The minimum Gasteiger partial charge on any atom is -0.465 e. The summed E-state index contributed by atoms with van der Waals surface area (Å²) in [5.74, 6) is 0.775. The van der Waals surface area contributed by atoms with Gasteiger partial charge in [0.25, 0.3) is 0 Å². The summed E-state index contributed by atoms with van der Waals surface area (Å²) in [6.45, 7) is 2.03. The standard InChI is InChI=1S/C13H19N3O3/c1-18-13(17)10-4-5-15-12(11(10)14)16-6-7-19-8-9-2-3-9/h4-5,9H,2-3,6-8,14H2,1H3,(H,15,16). The van der Waals surface area contributed by atoms with Crippen LogP contribution in [0.15, 0.2) is 12.3 Å². The molecule has 0 amide bonds. The van der Waals surface area contributed by atoms with Crippen LogP contribution in [0.2, 0.25) is 0 Å². The fraction of sp³-hybridized carbons (Fsp3) is 0.538. The van der Waals surface area contributed by atoms with Crippen LogP contribution in [0.5, 0.6) is 0 Å². The maximum atomic E-state index is 11.5. The Bertz CT molecular complexity index is 447. The molecule has 0 saturated heterocycles. The van der Waals surface area contributed by atoms with Gasteiger partial charge >= 0.3 is 5.97 Å². The van der Waals surface area contributed by atoms with E-state index in [9.17, 15) is 4.79 Å². The SMILES string of the molecule is COC(=O)c1ccnc(NCCOCC2CC2)c1N. The molecule has 0 aromatic carbocycles. The number of carbonyl (C=O) groups excluding carboxylic acids is 1. The van der Waals surface area contributed by atoms with Crippen LogP contribution in [0.3, 0.4) is 0 Å². The molecule has 0 bridgehead atoms. The second-order valence-corrected chi connectivity index (χ2v) is 4.56. The second kappa shape index (κ2) is 6.38. The van der Waals surface area contributed by atoms with Gasteiger partial charge in [0.05, 0.1) is 25.0 Å². The molecule has 0 radical (unpaired) electrons. The van der Waals surface area contributed by atoms with Crippen LogP contribution in [-0.4, -0.2) is 37.8 Å². The Morgan fingerprint density at radius 3 is 3.05 bits per heavy atom. The number of nitrogens with zero attached hydrogens (tertiary/aromatic N) is 1. The lowest BCUT2D eigenvalue weighted by atomic mass is 10.2. The zero-order valence-corrected chi connectivity index (χ0v) is 11.0. The van der Waals surface area contributed by atoms with Gasteiger partial charge < -0.3 is 20.5 Å². The average Bonchev–Trinajstić information content (AvgIpc) is 3.23. The number of methoxy groups -OCH3 is 1. The van der Waals surface area contributed by atoms with Gasteiger partial charge in [-0.15, -0.1) is 0 Å². The van der Waals surface area contributed by atoms with E-state index < -0.39 is 5.97 Å². The molecule has 6 nitrogen and oxygen atoms in total. The Labute approximate surface area is 112 Å². The first kappa shape index (κ1) is 13.6. The summed E-state index contributed by atoms with van der Waals surface area (Å²) >= 11 is 0. The first-order valence-electron chi connectivity index (χ1n) is 6.36. The van der Waals surface area contributed by atoms with E-state index in [0.717, 1.165) is 12.5 Å². The molecule has 2 rings (SSSR count). The van der Waals surface area contributed by atoms with Gasteiger partial charge in [0.1, 0.15) is 5.82 Å². The highest BCUT2D eigenvalue weighted by atomic mass is 16.5. The van der Waals surface area contributed by atoms with Crippen LogP contribution < -0.4 is 11.1 Å². The highest BCUT2D eigenvalue weighted by Gasteiger charge is 2.20. The predicted molar refractivity (Wildman–Crippen MR) is 72.0 cm³/mol. The quantitative estimate of drug-likeness (QED) is 0.570. The number of ether oxygens (including phenoxy) is 2. The third-order valence-corrected chi connectivity index (χ3v) is 2.98. The van der Waals surface area contributed by atoms with Gasteiger partial charge in [-0.2, -0.15) is 0 Å². The van der Waals surface area contributed by atoms with Crippen LogP contribution in [0.1, 0.15) is 23.2 Å². The van der Waals surface area contributed by atoms with E-state index in [0.29, 0.717) is 30.2 Å². The summed E-state index contributed by atoms with van der Waals surface area (Å²) in [5.41, 5.74) is 6.49. The fourth-order valence-electron chi connectivity index (χ4n) is 1.68. The number of esters is 1. The Hall–Kier alpha value is -1.82. The molecule has 1 fully saturated rings. The van der Waals surface area contributed by atoms with Crippen LogP contribution in [0, 0.1) is 5.92 Å². The lowest BCUT2D eigenvalue weighted by Crippen LogP contribution is -2.14. The smallest absolute Gasteiger partial charge is 0.340 e. The van der Waals surface area contributed by atoms with E-state index in [2.05, 4.69) is 15.0 Å². The van der Waals surface area contributed by atoms with Crippen molar-refractivity contribution in [1.82, 2.24) is 4.98 Å². The molecule has 1 heterocycles. The molecule has 0 atom stereocenters. The van der Waals surface area contributed by atoms with E-state index in [1.165, 1.54) is 32.2 Å². The molecule has 0 aliphatic heterocycles. The highest BCUT2D eigenvalue weighted by molar-refractivity contribution is 5.97. The van der Waals surface area contributed by atoms with E-state index in [1.54, 1.807) is 0 Å². The zero-order valence-electron chi connectivity index (χ0n) is 11.0. The first-order valence-corrected chi connectivity index (χ1v) is 6.36. The summed E-state index contributed by atoms with van der Waals surface area (Å²) in [5, 5.41) is 3.06. The number of nitrogens with one attached hydrogen (secondary N) is 1. The number of pyridine rings is 1. The van der Waals surface area contributed by atoms with Crippen molar-refractivity contribution < 1.29 is 14.3 Å². The highest BCUT2D eigenvalue weighted by Crippen LogP contribution is 2.28. The van der Waals surface area contributed by atoms with E-state index in [1.807, 2.05) is 0 Å². The third kappa shape index (κ3) is 3.82. The molecular formula is C13H19N3O3. The van der Waals surface area contributed by atoms with Gasteiger partial charge in [-0.3, -0.25) is 0 Å². The number of carbonyl (C=O) groups is 1. The lowest BCUT2D eigenvalue weighted by Gasteiger charge is -2.10. The van der Waals surface area contributed by atoms with Gasteiger partial charge in [-0.1, -0.05) is 0 Å². The predicted octanol–water partition coefficient (Wildman–Crippen LogP) is 1.29. The van der Waals surface area contributed by atoms with Crippen molar-refractivity contribution in [2.45, 2.75) is 12.8 Å². The van der Waals surface area contributed by atoms with Crippen LogP contribution in [-0.2, 0) is 9.47 Å². The van der Waals surface area contributed by atoms with Gasteiger partial charge in [-0.25, -0.2) is 9.78 Å². The van der Waals surface area contributed by atoms with Crippen molar-refractivity contribution in [3.8, 4) is 0 Å². The Balaban J connectivity index is 1.83. The van der Waals surface area contributed by atoms with Gasteiger partial charge in [-0.05, 0) is 24.8 Å². The molecule has 3 N–H and O–H groups in total. The summed E-state index contributed by atoms with van der Waals surface area (Å²) in [7, 11) is 1.32. The van der Waals surface area contributed by atoms with Crippen LogP contribution in [0.25, 0.3) is 0 Å². The molecule has 0 unspecified atom stereocenters. The number of rotatable bonds is 7.